The van der Waals surface area contributed by atoms with Crippen LogP contribution in [0.15, 0.2) is 83.8 Å². The van der Waals surface area contributed by atoms with E-state index in [1.165, 1.54) is 16.7 Å². The molecule has 1 fully saturated rings. The maximum absolute atomic E-state index is 12.9. The number of thiocarbonyl (C=S) groups is 1. The minimum atomic E-state index is -0.333. The van der Waals surface area contributed by atoms with Crippen molar-refractivity contribution < 1.29 is 19.1 Å². The van der Waals surface area contributed by atoms with Gasteiger partial charge in [0.15, 0.2) is 0 Å². The van der Waals surface area contributed by atoms with Gasteiger partial charge in [0.05, 0.1) is 11.5 Å². The van der Waals surface area contributed by atoms with Gasteiger partial charge in [-0.2, -0.15) is 0 Å². The molecule has 1 N–H and O–H groups in total. The number of rotatable bonds is 8. The zero-order chi connectivity index (χ0) is 23.9. The number of hydrogen-bond donors (Lipinski definition) is 1. The van der Waals surface area contributed by atoms with Crippen LogP contribution in [0.1, 0.15) is 12.5 Å². The summed E-state index contributed by atoms with van der Waals surface area (Å²) < 4.78 is 11.6. The highest BCUT2D eigenvalue weighted by molar-refractivity contribution is 8.26. The van der Waals surface area contributed by atoms with E-state index in [9.17, 15) is 9.59 Å². The van der Waals surface area contributed by atoms with Crippen LogP contribution in [0.2, 0.25) is 0 Å². The standard InChI is InChI=1S/C26H22N2O4S2/c1-2-31-20-13-11-19(12-14-20)27-24(29)17-28-25(30)23(34-26(28)33)16-18-7-6-10-22(15-18)32-21-8-4-3-5-9-21/h3-16H,2,17H2,1H3,(H,27,29)/b23-16-. The average molecular weight is 491 g/mol. The number of nitrogens with zero attached hydrogens (tertiary/aromatic N) is 1. The van der Waals surface area contributed by atoms with Crippen LogP contribution in [0.5, 0.6) is 17.2 Å². The van der Waals surface area contributed by atoms with Crippen molar-refractivity contribution in [1.82, 2.24) is 4.90 Å². The van der Waals surface area contributed by atoms with Crippen molar-refractivity contribution >= 4 is 51.9 Å². The van der Waals surface area contributed by atoms with Crippen molar-refractivity contribution in [2.45, 2.75) is 6.92 Å². The van der Waals surface area contributed by atoms with Gasteiger partial charge in [-0.25, -0.2) is 0 Å². The summed E-state index contributed by atoms with van der Waals surface area (Å²) in [5.41, 5.74) is 1.41. The van der Waals surface area contributed by atoms with Gasteiger partial charge in [-0.1, -0.05) is 54.3 Å². The Labute approximate surface area is 207 Å². The van der Waals surface area contributed by atoms with E-state index in [1.54, 1.807) is 30.3 Å². The van der Waals surface area contributed by atoms with Gasteiger partial charge in [0.25, 0.3) is 5.91 Å². The van der Waals surface area contributed by atoms with Gasteiger partial charge in [0.2, 0.25) is 5.91 Å². The second-order valence-electron chi connectivity index (χ2n) is 7.26. The molecule has 6 nitrogen and oxygen atoms in total. The summed E-state index contributed by atoms with van der Waals surface area (Å²) in [5, 5.41) is 2.78. The number of thioether (sulfide) groups is 1. The first-order valence-corrected chi connectivity index (χ1v) is 11.9. The van der Waals surface area contributed by atoms with Gasteiger partial charge in [-0.15, -0.1) is 0 Å². The molecule has 4 rings (SSSR count). The molecule has 1 saturated heterocycles. The Morgan fingerprint density at radius 3 is 2.47 bits per heavy atom. The molecule has 0 radical (unpaired) electrons. The van der Waals surface area contributed by atoms with E-state index in [2.05, 4.69) is 5.32 Å². The van der Waals surface area contributed by atoms with Crippen LogP contribution in [-0.4, -0.2) is 34.2 Å². The van der Waals surface area contributed by atoms with Crippen LogP contribution < -0.4 is 14.8 Å². The molecule has 0 bridgehead atoms. The molecule has 34 heavy (non-hydrogen) atoms. The summed E-state index contributed by atoms with van der Waals surface area (Å²) >= 11 is 6.53. The number of anilines is 1. The molecule has 3 aromatic rings. The number of benzene rings is 3. The molecule has 1 aliphatic heterocycles. The van der Waals surface area contributed by atoms with E-state index < -0.39 is 0 Å². The molecule has 0 saturated carbocycles. The molecule has 2 amide bonds. The van der Waals surface area contributed by atoms with Gasteiger partial charge in [-0.05, 0) is 67.1 Å². The van der Waals surface area contributed by atoms with Crippen molar-refractivity contribution in [3.8, 4) is 17.2 Å². The highest BCUT2D eigenvalue weighted by Gasteiger charge is 2.33. The number of nitrogens with one attached hydrogen (secondary N) is 1. The lowest BCUT2D eigenvalue weighted by atomic mass is 10.2. The van der Waals surface area contributed by atoms with Crippen molar-refractivity contribution in [2.24, 2.45) is 0 Å². The second kappa shape index (κ2) is 11.0. The molecular formula is C26H22N2O4S2. The third kappa shape index (κ3) is 6.03. The number of hydrogen-bond acceptors (Lipinski definition) is 6. The molecular weight excluding hydrogens is 468 g/mol. The van der Waals surface area contributed by atoms with E-state index in [-0.39, 0.29) is 18.4 Å². The van der Waals surface area contributed by atoms with E-state index in [0.29, 0.717) is 27.3 Å². The largest absolute Gasteiger partial charge is 0.494 e. The molecule has 172 valence electrons. The predicted molar refractivity (Wildman–Crippen MR) is 139 cm³/mol. The normalized spacial score (nSPS) is 14.4. The summed E-state index contributed by atoms with van der Waals surface area (Å²) in [6, 6.07) is 23.9. The first kappa shape index (κ1) is 23.5. The molecule has 8 heteroatoms. The Morgan fingerprint density at radius 2 is 1.74 bits per heavy atom. The van der Waals surface area contributed by atoms with E-state index in [1.807, 2.05) is 61.5 Å². The van der Waals surface area contributed by atoms with Gasteiger partial charge >= 0.3 is 0 Å². The number of para-hydroxylation sites is 1. The predicted octanol–water partition coefficient (Wildman–Crippen LogP) is 5.72. The van der Waals surface area contributed by atoms with Crippen molar-refractivity contribution in [1.29, 1.82) is 0 Å². The Hall–Kier alpha value is -3.62. The molecule has 0 aliphatic carbocycles. The lowest BCUT2D eigenvalue weighted by molar-refractivity contribution is -0.126. The quantitative estimate of drug-likeness (QED) is 0.322. The monoisotopic (exact) mass is 490 g/mol. The van der Waals surface area contributed by atoms with Gasteiger partial charge in [0, 0.05) is 5.69 Å². The molecule has 0 aromatic heterocycles. The van der Waals surface area contributed by atoms with E-state index >= 15 is 0 Å². The summed E-state index contributed by atoms with van der Waals surface area (Å²) in [6.07, 6.45) is 1.75. The fourth-order valence-electron chi connectivity index (χ4n) is 3.23. The van der Waals surface area contributed by atoms with Crippen LogP contribution in [0.3, 0.4) is 0 Å². The van der Waals surface area contributed by atoms with E-state index in [4.69, 9.17) is 21.7 Å². The molecule has 0 atom stereocenters. The Balaban J connectivity index is 1.40. The van der Waals surface area contributed by atoms with Gasteiger partial charge in [0.1, 0.15) is 28.1 Å². The number of amides is 2. The summed E-state index contributed by atoms with van der Waals surface area (Å²) in [7, 11) is 0. The first-order chi connectivity index (χ1) is 16.5. The zero-order valence-electron chi connectivity index (χ0n) is 18.4. The highest BCUT2D eigenvalue weighted by atomic mass is 32.2. The summed E-state index contributed by atoms with van der Waals surface area (Å²) in [4.78, 5) is 27.2. The average Bonchev–Trinajstić information content (AvgIpc) is 3.08. The summed E-state index contributed by atoms with van der Waals surface area (Å²) in [6.45, 7) is 2.31. The van der Waals surface area contributed by atoms with Crippen LogP contribution >= 0.6 is 24.0 Å². The topological polar surface area (TPSA) is 67.9 Å². The minimum absolute atomic E-state index is 0.160. The van der Waals surface area contributed by atoms with Gasteiger partial charge in [-0.3, -0.25) is 14.5 Å². The maximum Gasteiger partial charge on any atom is 0.266 e. The SMILES string of the molecule is CCOc1ccc(NC(=O)CN2C(=O)/C(=C/c3cccc(Oc4ccccc4)c3)SC2=S)cc1. The fourth-order valence-corrected chi connectivity index (χ4v) is 4.48. The number of carbonyl (C=O) groups excluding carboxylic acids is 2. The Bertz CT molecular complexity index is 1230. The number of ether oxygens (including phenoxy) is 2. The maximum atomic E-state index is 12.9. The minimum Gasteiger partial charge on any atom is -0.494 e. The van der Waals surface area contributed by atoms with E-state index in [0.717, 1.165) is 17.1 Å². The number of carbonyl (C=O) groups is 2. The van der Waals surface area contributed by atoms with Gasteiger partial charge < -0.3 is 14.8 Å². The molecule has 3 aromatic carbocycles. The van der Waals surface area contributed by atoms with Crippen LogP contribution in [0, 0.1) is 0 Å². The third-order valence-electron chi connectivity index (χ3n) is 4.76. The first-order valence-electron chi connectivity index (χ1n) is 10.6. The molecule has 0 spiro atoms. The molecule has 1 heterocycles. The lowest BCUT2D eigenvalue weighted by Crippen LogP contribution is -2.36. The Kier molecular flexibility index (Phi) is 7.61. The Morgan fingerprint density at radius 1 is 1.00 bits per heavy atom. The summed E-state index contributed by atoms with van der Waals surface area (Å²) in [5.74, 6) is 1.47. The molecule has 0 unspecified atom stereocenters. The smallest absolute Gasteiger partial charge is 0.266 e. The van der Waals surface area contributed by atoms with Crippen LogP contribution in [0.4, 0.5) is 5.69 Å². The van der Waals surface area contributed by atoms with Crippen LogP contribution in [-0.2, 0) is 9.59 Å². The highest BCUT2D eigenvalue weighted by Crippen LogP contribution is 2.33. The van der Waals surface area contributed by atoms with Crippen LogP contribution in [0.25, 0.3) is 6.08 Å². The fraction of sp³-hybridized carbons (Fsp3) is 0.115. The molecule has 1 aliphatic rings. The lowest BCUT2D eigenvalue weighted by Gasteiger charge is -2.14. The van der Waals surface area contributed by atoms with Crippen molar-refractivity contribution in [3.05, 3.63) is 89.3 Å². The zero-order valence-corrected chi connectivity index (χ0v) is 20.0. The third-order valence-corrected chi connectivity index (χ3v) is 6.14. The van der Waals surface area contributed by atoms with Crippen molar-refractivity contribution in [2.75, 3.05) is 18.5 Å². The van der Waals surface area contributed by atoms with Crippen molar-refractivity contribution in [3.63, 3.8) is 0 Å². The second-order valence-corrected chi connectivity index (χ2v) is 8.94.